The number of carboxylic acids is 1. The standard InChI is InChI=1S/C11H17NO3/c1-11(2,3)6-9-12-8(7-15-9)4-5-10(13)14/h7H,4-6H2,1-3H3,(H,13,14). The first-order chi connectivity index (χ1) is 6.87. The first-order valence-corrected chi connectivity index (χ1v) is 5.02. The van der Waals surface area contributed by atoms with Gasteiger partial charge in [-0.2, -0.15) is 0 Å². The average Bonchev–Trinajstić information content (AvgIpc) is 2.45. The van der Waals surface area contributed by atoms with Crippen molar-refractivity contribution in [1.82, 2.24) is 4.98 Å². The van der Waals surface area contributed by atoms with Crippen LogP contribution in [-0.2, 0) is 17.6 Å². The summed E-state index contributed by atoms with van der Waals surface area (Å²) >= 11 is 0. The van der Waals surface area contributed by atoms with Gasteiger partial charge in [0.05, 0.1) is 12.1 Å². The molecule has 1 heterocycles. The molecule has 0 aliphatic rings. The lowest BCUT2D eigenvalue weighted by atomic mass is 9.92. The molecule has 1 aromatic heterocycles. The highest BCUT2D eigenvalue weighted by atomic mass is 16.4. The van der Waals surface area contributed by atoms with Crippen LogP contribution in [0.1, 0.15) is 38.8 Å². The zero-order chi connectivity index (χ0) is 11.5. The minimum absolute atomic E-state index is 0.0987. The first-order valence-electron chi connectivity index (χ1n) is 5.02. The van der Waals surface area contributed by atoms with Crippen LogP contribution in [0.2, 0.25) is 0 Å². The van der Waals surface area contributed by atoms with E-state index in [1.54, 1.807) is 6.26 Å². The molecule has 1 rings (SSSR count). The monoisotopic (exact) mass is 211 g/mol. The van der Waals surface area contributed by atoms with E-state index in [2.05, 4.69) is 25.8 Å². The Hall–Kier alpha value is -1.32. The smallest absolute Gasteiger partial charge is 0.303 e. The molecule has 4 heteroatoms. The highest BCUT2D eigenvalue weighted by Crippen LogP contribution is 2.20. The molecule has 0 spiro atoms. The highest BCUT2D eigenvalue weighted by molar-refractivity contribution is 5.66. The topological polar surface area (TPSA) is 63.3 Å². The number of carboxylic acid groups (broad SMARTS) is 1. The third kappa shape index (κ3) is 4.63. The third-order valence-corrected chi connectivity index (χ3v) is 1.88. The van der Waals surface area contributed by atoms with Gasteiger partial charge >= 0.3 is 5.97 Å². The van der Waals surface area contributed by atoms with Crippen molar-refractivity contribution in [2.45, 2.75) is 40.0 Å². The second kappa shape index (κ2) is 4.47. The van der Waals surface area contributed by atoms with Crippen LogP contribution in [0, 0.1) is 5.41 Å². The van der Waals surface area contributed by atoms with Crippen LogP contribution >= 0.6 is 0 Å². The fourth-order valence-electron chi connectivity index (χ4n) is 1.23. The maximum Gasteiger partial charge on any atom is 0.303 e. The number of hydrogen-bond donors (Lipinski definition) is 1. The lowest BCUT2D eigenvalue weighted by Gasteiger charge is -2.14. The van der Waals surface area contributed by atoms with Gasteiger partial charge in [0.1, 0.15) is 6.26 Å². The molecular weight excluding hydrogens is 194 g/mol. The second-order valence-electron chi connectivity index (χ2n) is 4.86. The SMILES string of the molecule is CC(C)(C)Cc1nc(CCC(=O)O)co1. The Morgan fingerprint density at radius 1 is 1.53 bits per heavy atom. The summed E-state index contributed by atoms with van der Waals surface area (Å²) in [6, 6.07) is 0. The molecule has 4 nitrogen and oxygen atoms in total. The lowest BCUT2D eigenvalue weighted by molar-refractivity contribution is -0.136. The zero-order valence-electron chi connectivity index (χ0n) is 9.41. The first kappa shape index (κ1) is 11.8. The van der Waals surface area contributed by atoms with Crippen molar-refractivity contribution in [2.75, 3.05) is 0 Å². The normalized spacial score (nSPS) is 11.7. The summed E-state index contributed by atoms with van der Waals surface area (Å²) in [5, 5.41) is 8.51. The summed E-state index contributed by atoms with van der Waals surface area (Å²) < 4.78 is 5.27. The Bertz CT molecular complexity index is 336. The Labute approximate surface area is 89.3 Å². The number of nitrogens with zero attached hydrogens (tertiary/aromatic N) is 1. The maximum absolute atomic E-state index is 10.3. The van der Waals surface area contributed by atoms with E-state index < -0.39 is 5.97 Å². The summed E-state index contributed by atoms with van der Waals surface area (Å²) in [6.07, 6.45) is 2.84. The van der Waals surface area contributed by atoms with Crippen molar-refractivity contribution in [3.8, 4) is 0 Å². The minimum atomic E-state index is -0.810. The van der Waals surface area contributed by atoms with Crippen molar-refractivity contribution >= 4 is 5.97 Å². The molecule has 0 amide bonds. The number of rotatable bonds is 4. The third-order valence-electron chi connectivity index (χ3n) is 1.88. The van der Waals surface area contributed by atoms with Crippen molar-refractivity contribution < 1.29 is 14.3 Å². The molecule has 0 aliphatic heterocycles. The molecule has 84 valence electrons. The van der Waals surface area contributed by atoms with Gasteiger partial charge in [0.25, 0.3) is 0 Å². The van der Waals surface area contributed by atoms with Gasteiger partial charge in [-0.25, -0.2) is 4.98 Å². The van der Waals surface area contributed by atoms with Gasteiger partial charge in [-0.15, -0.1) is 0 Å². The summed E-state index contributed by atoms with van der Waals surface area (Å²) in [5.41, 5.74) is 0.853. The Morgan fingerprint density at radius 3 is 2.73 bits per heavy atom. The molecule has 0 atom stereocenters. The second-order valence-corrected chi connectivity index (χ2v) is 4.86. The minimum Gasteiger partial charge on any atom is -0.481 e. The van der Waals surface area contributed by atoms with Crippen molar-refractivity contribution in [2.24, 2.45) is 5.41 Å². The summed E-state index contributed by atoms with van der Waals surface area (Å²) in [5.74, 6) is -0.127. The number of aromatic nitrogens is 1. The van der Waals surface area contributed by atoms with Crippen LogP contribution in [0.15, 0.2) is 10.7 Å². The Balaban J connectivity index is 2.53. The van der Waals surface area contributed by atoms with Crippen LogP contribution in [0.25, 0.3) is 0 Å². The van der Waals surface area contributed by atoms with Crippen molar-refractivity contribution in [3.05, 3.63) is 17.8 Å². The van der Waals surface area contributed by atoms with Gasteiger partial charge in [-0.1, -0.05) is 20.8 Å². The van der Waals surface area contributed by atoms with Crippen LogP contribution in [0.3, 0.4) is 0 Å². The van der Waals surface area contributed by atoms with Crippen LogP contribution in [0.5, 0.6) is 0 Å². The maximum atomic E-state index is 10.3. The molecule has 1 aromatic rings. The van der Waals surface area contributed by atoms with Gasteiger partial charge < -0.3 is 9.52 Å². The van der Waals surface area contributed by atoms with E-state index in [9.17, 15) is 4.79 Å². The average molecular weight is 211 g/mol. The van der Waals surface area contributed by atoms with E-state index in [0.29, 0.717) is 12.3 Å². The largest absolute Gasteiger partial charge is 0.481 e. The van der Waals surface area contributed by atoms with Gasteiger partial charge in [-0.05, 0) is 5.41 Å². The summed E-state index contributed by atoms with van der Waals surface area (Å²) in [6.45, 7) is 6.32. The zero-order valence-corrected chi connectivity index (χ0v) is 9.41. The van der Waals surface area contributed by atoms with E-state index in [1.807, 2.05) is 0 Å². The van der Waals surface area contributed by atoms with Crippen molar-refractivity contribution in [3.63, 3.8) is 0 Å². The quantitative estimate of drug-likeness (QED) is 0.829. The molecule has 0 fully saturated rings. The molecule has 0 aromatic carbocycles. The van der Waals surface area contributed by atoms with E-state index in [-0.39, 0.29) is 11.8 Å². The van der Waals surface area contributed by atoms with Crippen molar-refractivity contribution in [1.29, 1.82) is 0 Å². The molecular formula is C11H17NO3. The number of hydrogen-bond acceptors (Lipinski definition) is 3. The molecule has 15 heavy (non-hydrogen) atoms. The highest BCUT2D eigenvalue weighted by Gasteiger charge is 2.15. The molecule has 0 saturated heterocycles. The fraction of sp³-hybridized carbons (Fsp3) is 0.636. The van der Waals surface area contributed by atoms with Gasteiger partial charge in [0.2, 0.25) is 0 Å². The fourth-order valence-corrected chi connectivity index (χ4v) is 1.23. The summed E-state index contributed by atoms with van der Waals surface area (Å²) in [7, 11) is 0. The van der Waals surface area contributed by atoms with Crippen LogP contribution in [0.4, 0.5) is 0 Å². The van der Waals surface area contributed by atoms with Gasteiger partial charge in [0.15, 0.2) is 5.89 Å². The molecule has 1 N–H and O–H groups in total. The molecule has 0 radical (unpaired) electrons. The van der Waals surface area contributed by atoms with Crippen LogP contribution in [-0.4, -0.2) is 16.1 Å². The lowest BCUT2D eigenvalue weighted by Crippen LogP contribution is -2.09. The number of aliphatic carboxylic acids is 1. The predicted octanol–water partition coefficient (Wildman–Crippen LogP) is 2.28. The summed E-state index contributed by atoms with van der Waals surface area (Å²) in [4.78, 5) is 14.6. The van der Waals surface area contributed by atoms with E-state index in [1.165, 1.54) is 0 Å². The van der Waals surface area contributed by atoms with E-state index in [0.717, 1.165) is 12.1 Å². The number of carbonyl (C=O) groups is 1. The molecule has 0 aliphatic carbocycles. The predicted molar refractivity (Wildman–Crippen MR) is 55.6 cm³/mol. The molecule has 0 saturated carbocycles. The number of aryl methyl sites for hydroxylation is 1. The number of oxazole rings is 1. The van der Waals surface area contributed by atoms with Gasteiger partial charge in [-0.3, -0.25) is 4.79 Å². The molecule has 0 unspecified atom stereocenters. The Morgan fingerprint density at radius 2 is 2.20 bits per heavy atom. The van der Waals surface area contributed by atoms with E-state index in [4.69, 9.17) is 9.52 Å². The molecule has 0 bridgehead atoms. The van der Waals surface area contributed by atoms with Crippen LogP contribution < -0.4 is 0 Å². The van der Waals surface area contributed by atoms with Gasteiger partial charge in [0, 0.05) is 12.8 Å². The Kier molecular flexibility index (Phi) is 3.50. The van der Waals surface area contributed by atoms with E-state index >= 15 is 0 Å².